The van der Waals surface area contributed by atoms with E-state index in [4.69, 9.17) is 16.3 Å². The highest BCUT2D eigenvalue weighted by Gasteiger charge is 2.29. The largest absolute Gasteiger partial charge is 0.469 e. The number of esters is 1. The van der Waals surface area contributed by atoms with E-state index in [-0.39, 0.29) is 23.8 Å². The maximum Gasteiger partial charge on any atom is 0.318 e. The monoisotopic (exact) mass is 450 g/mol. The standard InChI is InChI=1S/C22H31ClN4O4/c1-16(21(29)26-9-7-17(8-10-26)15-20(28)31-2)24-22(30)27-13-11-25(12-14-27)19-5-3-18(23)4-6-19/h3-6,16-17H,7-15H2,1-2H3,(H,24,30). The molecule has 3 rings (SSSR count). The third kappa shape index (κ3) is 6.26. The van der Waals surface area contributed by atoms with Gasteiger partial charge in [0.05, 0.1) is 7.11 Å². The van der Waals surface area contributed by atoms with Crippen molar-refractivity contribution in [2.75, 3.05) is 51.3 Å². The van der Waals surface area contributed by atoms with Crippen molar-refractivity contribution in [1.82, 2.24) is 15.1 Å². The van der Waals surface area contributed by atoms with Crippen LogP contribution < -0.4 is 10.2 Å². The summed E-state index contributed by atoms with van der Waals surface area (Å²) in [4.78, 5) is 42.6. The van der Waals surface area contributed by atoms with Gasteiger partial charge >= 0.3 is 12.0 Å². The van der Waals surface area contributed by atoms with Gasteiger partial charge in [-0.2, -0.15) is 0 Å². The molecule has 0 bridgehead atoms. The highest BCUT2D eigenvalue weighted by molar-refractivity contribution is 6.30. The zero-order chi connectivity index (χ0) is 22.4. The van der Waals surface area contributed by atoms with E-state index >= 15 is 0 Å². The summed E-state index contributed by atoms with van der Waals surface area (Å²) >= 11 is 5.95. The van der Waals surface area contributed by atoms with Crippen LogP contribution in [0.25, 0.3) is 0 Å². The van der Waals surface area contributed by atoms with Crippen LogP contribution in [-0.2, 0) is 14.3 Å². The van der Waals surface area contributed by atoms with Gasteiger partial charge in [0.15, 0.2) is 0 Å². The first-order valence-corrected chi connectivity index (χ1v) is 11.2. The van der Waals surface area contributed by atoms with Crippen molar-refractivity contribution < 1.29 is 19.1 Å². The number of piperazine rings is 1. The first-order valence-electron chi connectivity index (χ1n) is 10.8. The molecule has 1 atom stereocenters. The molecular formula is C22H31ClN4O4. The number of nitrogens with zero attached hydrogens (tertiary/aromatic N) is 3. The molecule has 2 saturated heterocycles. The quantitative estimate of drug-likeness (QED) is 0.696. The highest BCUT2D eigenvalue weighted by atomic mass is 35.5. The molecule has 2 aliphatic heterocycles. The number of rotatable bonds is 5. The molecule has 2 heterocycles. The third-order valence-corrected chi connectivity index (χ3v) is 6.33. The van der Waals surface area contributed by atoms with Crippen molar-refractivity contribution in [3.8, 4) is 0 Å². The fraction of sp³-hybridized carbons (Fsp3) is 0.591. The third-order valence-electron chi connectivity index (χ3n) is 6.08. The number of hydrogen-bond acceptors (Lipinski definition) is 5. The molecule has 1 unspecified atom stereocenters. The van der Waals surface area contributed by atoms with E-state index in [1.165, 1.54) is 7.11 Å². The first-order chi connectivity index (χ1) is 14.9. The van der Waals surface area contributed by atoms with Crippen LogP contribution in [0.5, 0.6) is 0 Å². The van der Waals surface area contributed by atoms with E-state index in [0.717, 1.165) is 31.6 Å². The number of methoxy groups -OCH3 is 1. The number of carbonyl (C=O) groups is 3. The molecule has 170 valence electrons. The number of urea groups is 1. The molecule has 0 spiro atoms. The summed E-state index contributed by atoms with van der Waals surface area (Å²) in [7, 11) is 1.39. The fourth-order valence-electron chi connectivity index (χ4n) is 4.11. The van der Waals surface area contributed by atoms with Crippen molar-refractivity contribution >= 4 is 35.2 Å². The Kier molecular flexibility index (Phi) is 8.01. The number of halogens is 1. The highest BCUT2D eigenvalue weighted by Crippen LogP contribution is 2.22. The van der Waals surface area contributed by atoms with Crippen LogP contribution in [0.2, 0.25) is 5.02 Å². The Balaban J connectivity index is 1.41. The second-order valence-electron chi connectivity index (χ2n) is 8.17. The Labute approximate surface area is 188 Å². The summed E-state index contributed by atoms with van der Waals surface area (Å²) in [5.74, 6) is -0.0374. The zero-order valence-electron chi connectivity index (χ0n) is 18.2. The smallest absolute Gasteiger partial charge is 0.318 e. The molecule has 0 aliphatic carbocycles. The molecule has 1 N–H and O–H groups in total. The first kappa shape index (κ1) is 23.2. The average molecular weight is 451 g/mol. The molecular weight excluding hydrogens is 420 g/mol. The molecule has 0 aromatic heterocycles. The molecule has 0 radical (unpaired) electrons. The second kappa shape index (κ2) is 10.7. The number of likely N-dealkylation sites (tertiary alicyclic amines) is 1. The molecule has 2 fully saturated rings. The molecule has 2 aliphatic rings. The summed E-state index contributed by atoms with van der Waals surface area (Å²) in [5.41, 5.74) is 1.09. The second-order valence-corrected chi connectivity index (χ2v) is 8.61. The van der Waals surface area contributed by atoms with Crippen LogP contribution >= 0.6 is 11.6 Å². The molecule has 1 aromatic rings. The van der Waals surface area contributed by atoms with E-state index in [2.05, 4.69) is 10.2 Å². The number of anilines is 1. The van der Waals surface area contributed by atoms with Gasteiger partial charge in [0.2, 0.25) is 5.91 Å². The van der Waals surface area contributed by atoms with Gasteiger partial charge in [-0.15, -0.1) is 0 Å². The van der Waals surface area contributed by atoms with Gasteiger partial charge in [-0.1, -0.05) is 11.6 Å². The van der Waals surface area contributed by atoms with E-state index in [0.29, 0.717) is 37.6 Å². The number of hydrogen-bond donors (Lipinski definition) is 1. The summed E-state index contributed by atoms with van der Waals surface area (Å²) in [5, 5.41) is 3.55. The van der Waals surface area contributed by atoms with Crippen LogP contribution in [-0.4, -0.2) is 80.1 Å². The van der Waals surface area contributed by atoms with E-state index in [1.54, 1.807) is 16.7 Å². The van der Waals surface area contributed by atoms with Crippen LogP contribution in [0.4, 0.5) is 10.5 Å². The minimum Gasteiger partial charge on any atom is -0.469 e. The van der Waals surface area contributed by atoms with Gasteiger partial charge in [-0.3, -0.25) is 9.59 Å². The number of carbonyl (C=O) groups excluding carboxylic acids is 3. The van der Waals surface area contributed by atoms with Crippen LogP contribution in [0.3, 0.4) is 0 Å². The maximum atomic E-state index is 12.7. The van der Waals surface area contributed by atoms with Crippen molar-refractivity contribution in [1.29, 1.82) is 0 Å². The Morgan fingerprint density at radius 3 is 2.23 bits per heavy atom. The van der Waals surface area contributed by atoms with Gasteiger partial charge in [0.25, 0.3) is 0 Å². The summed E-state index contributed by atoms with van der Waals surface area (Å²) in [6, 6.07) is 6.89. The Hall–Kier alpha value is -2.48. The lowest BCUT2D eigenvalue weighted by atomic mass is 9.93. The predicted molar refractivity (Wildman–Crippen MR) is 119 cm³/mol. The van der Waals surface area contributed by atoms with Gasteiger partial charge < -0.3 is 24.8 Å². The maximum absolute atomic E-state index is 12.7. The van der Waals surface area contributed by atoms with Crippen molar-refractivity contribution in [2.45, 2.75) is 32.2 Å². The topological polar surface area (TPSA) is 82.2 Å². The van der Waals surface area contributed by atoms with Crippen molar-refractivity contribution in [3.63, 3.8) is 0 Å². The van der Waals surface area contributed by atoms with E-state index in [1.807, 2.05) is 24.3 Å². The van der Waals surface area contributed by atoms with Crippen LogP contribution in [0.1, 0.15) is 26.2 Å². The number of piperidine rings is 1. The number of benzene rings is 1. The summed E-state index contributed by atoms with van der Waals surface area (Å²) in [6.07, 6.45) is 1.94. The van der Waals surface area contributed by atoms with Gasteiger partial charge in [-0.05, 0) is 49.9 Å². The number of amides is 3. The summed E-state index contributed by atoms with van der Waals surface area (Å²) in [6.45, 7) is 5.56. The zero-order valence-corrected chi connectivity index (χ0v) is 18.9. The lowest BCUT2D eigenvalue weighted by Crippen LogP contribution is -2.56. The molecule has 0 saturated carbocycles. The molecule has 3 amide bonds. The van der Waals surface area contributed by atoms with E-state index in [9.17, 15) is 14.4 Å². The lowest BCUT2D eigenvalue weighted by molar-refractivity contribution is -0.142. The Bertz CT molecular complexity index is 772. The van der Waals surface area contributed by atoms with Crippen molar-refractivity contribution in [2.24, 2.45) is 5.92 Å². The van der Waals surface area contributed by atoms with Gasteiger partial charge in [-0.25, -0.2) is 4.79 Å². The SMILES string of the molecule is COC(=O)CC1CCN(C(=O)C(C)NC(=O)N2CCN(c3ccc(Cl)cc3)CC2)CC1. The molecule has 8 nitrogen and oxygen atoms in total. The average Bonchev–Trinajstić information content (AvgIpc) is 2.79. The normalized spacial score (nSPS) is 18.5. The van der Waals surface area contributed by atoms with Crippen molar-refractivity contribution in [3.05, 3.63) is 29.3 Å². The van der Waals surface area contributed by atoms with Gasteiger partial charge in [0.1, 0.15) is 6.04 Å². The van der Waals surface area contributed by atoms with Crippen LogP contribution in [0, 0.1) is 5.92 Å². The number of nitrogens with one attached hydrogen (secondary N) is 1. The molecule has 31 heavy (non-hydrogen) atoms. The number of ether oxygens (including phenoxy) is 1. The lowest BCUT2D eigenvalue weighted by Gasteiger charge is -2.37. The predicted octanol–water partition coefficient (Wildman–Crippen LogP) is 2.36. The van der Waals surface area contributed by atoms with Gasteiger partial charge in [0, 0.05) is 56.4 Å². The minimum absolute atomic E-state index is 0.0790. The minimum atomic E-state index is -0.584. The molecule has 1 aromatic carbocycles. The fourth-order valence-corrected chi connectivity index (χ4v) is 4.23. The van der Waals surface area contributed by atoms with Crippen LogP contribution in [0.15, 0.2) is 24.3 Å². The summed E-state index contributed by atoms with van der Waals surface area (Å²) < 4.78 is 4.72. The Morgan fingerprint density at radius 2 is 1.65 bits per heavy atom. The molecule has 9 heteroatoms. The van der Waals surface area contributed by atoms with E-state index < -0.39 is 6.04 Å². The Morgan fingerprint density at radius 1 is 1.03 bits per heavy atom.